The van der Waals surface area contributed by atoms with Gasteiger partial charge < -0.3 is 26.0 Å². The van der Waals surface area contributed by atoms with Gasteiger partial charge in [0.15, 0.2) is 0 Å². The number of rotatable bonds is 9. The first-order valence-electron chi connectivity index (χ1n) is 10.2. The molecule has 0 saturated carbocycles. The van der Waals surface area contributed by atoms with Gasteiger partial charge in [-0.05, 0) is 25.5 Å². The number of para-hydroxylation sites is 1. The standard InChI is InChI=1S/C24H26N4O4/c1-15-20(24(32)27-18(23(25)31)13-14-19(29)30)21(26-2)22(16-9-5-3-6-10-16)28(15)17-11-7-4-8-12-17/h3-12,18,26H,13-14H2,1-2H3,(H2,25,31)(H,27,32)(H,29,30). The molecule has 0 aliphatic heterocycles. The van der Waals surface area contributed by atoms with Crippen LogP contribution in [0.15, 0.2) is 60.7 Å². The monoisotopic (exact) mass is 434 g/mol. The zero-order chi connectivity index (χ0) is 23.3. The number of carboxylic acids is 1. The molecule has 0 fully saturated rings. The van der Waals surface area contributed by atoms with Gasteiger partial charge in [-0.3, -0.25) is 14.4 Å². The molecular weight excluding hydrogens is 408 g/mol. The number of benzene rings is 2. The Kier molecular flexibility index (Phi) is 6.94. The summed E-state index contributed by atoms with van der Waals surface area (Å²) < 4.78 is 1.98. The molecule has 3 rings (SSSR count). The van der Waals surface area contributed by atoms with Crippen molar-refractivity contribution in [2.45, 2.75) is 25.8 Å². The van der Waals surface area contributed by atoms with Crippen molar-refractivity contribution in [2.75, 3.05) is 12.4 Å². The Labute approximate surface area is 186 Å². The van der Waals surface area contributed by atoms with E-state index in [0.29, 0.717) is 16.9 Å². The number of hydrogen-bond donors (Lipinski definition) is 4. The van der Waals surface area contributed by atoms with Gasteiger partial charge in [0.25, 0.3) is 5.91 Å². The number of aliphatic carboxylic acids is 1. The van der Waals surface area contributed by atoms with Crippen LogP contribution in [0.3, 0.4) is 0 Å². The number of nitrogens with two attached hydrogens (primary N) is 1. The van der Waals surface area contributed by atoms with Crippen LogP contribution in [0.1, 0.15) is 28.9 Å². The summed E-state index contributed by atoms with van der Waals surface area (Å²) in [6.07, 6.45) is -0.374. The Morgan fingerprint density at radius 2 is 1.62 bits per heavy atom. The molecule has 0 spiro atoms. The average molecular weight is 434 g/mol. The second-order valence-electron chi connectivity index (χ2n) is 7.33. The molecule has 0 bridgehead atoms. The molecule has 0 radical (unpaired) electrons. The first-order valence-corrected chi connectivity index (χ1v) is 10.2. The molecule has 2 aromatic carbocycles. The van der Waals surface area contributed by atoms with E-state index in [1.165, 1.54) is 0 Å². The number of carboxylic acid groups (broad SMARTS) is 1. The van der Waals surface area contributed by atoms with Gasteiger partial charge in [-0.1, -0.05) is 48.5 Å². The predicted molar refractivity (Wildman–Crippen MR) is 123 cm³/mol. The number of carbonyl (C=O) groups is 3. The fourth-order valence-corrected chi connectivity index (χ4v) is 3.76. The molecule has 32 heavy (non-hydrogen) atoms. The largest absolute Gasteiger partial charge is 0.481 e. The van der Waals surface area contributed by atoms with Crippen LogP contribution in [-0.4, -0.2) is 40.5 Å². The van der Waals surface area contributed by atoms with Crippen LogP contribution in [0.2, 0.25) is 0 Å². The van der Waals surface area contributed by atoms with E-state index < -0.39 is 23.8 Å². The van der Waals surface area contributed by atoms with Crippen LogP contribution in [0.25, 0.3) is 16.9 Å². The van der Waals surface area contributed by atoms with E-state index in [9.17, 15) is 14.4 Å². The molecule has 0 saturated heterocycles. The zero-order valence-corrected chi connectivity index (χ0v) is 18.0. The third kappa shape index (κ3) is 4.64. The van der Waals surface area contributed by atoms with Gasteiger partial charge in [0.2, 0.25) is 5.91 Å². The van der Waals surface area contributed by atoms with E-state index in [4.69, 9.17) is 10.8 Å². The minimum atomic E-state index is -1.09. The second-order valence-corrected chi connectivity index (χ2v) is 7.33. The molecule has 3 aromatic rings. The lowest BCUT2D eigenvalue weighted by Crippen LogP contribution is -2.44. The highest BCUT2D eigenvalue weighted by atomic mass is 16.4. The molecule has 1 atom stereocenters. The highest BCUT2D eigenvalue weighted by Gasteiger charge is 2.28. The molecule has 1 heterocycles. The van der Waals surface area contributed by atoms with Crippen molar-refractivity contribution in [3.63, 3.8) is 0 Å². The third-order valence-electron chi connectivity index (χ3n) is 5.24. The van der Waals surface area contributed by atoms with Gasteiger partial charge in [-0.15, -0.1) is 0 Å². The number of nitrogens with zero attached hydrogens (tertiary/aromatic N) is 1. The summed E-state index contributed by atoms with van der Waals surface area (Å²) in [5.41, 5.74) is 9.59. The van der Waals surface area contributed by atoms with Crippen LogP contribution in [0.5, 0.6) is 0 Å². The molecule has 1 unspecified atom stereocenters. The topological polar surface area (TPSA) is 126 Å². The van der Waals surface area contributed by atoms with Crippen molar-refractivity contribution in [2.24, 2.45) is 5.73 Å². The average Bonchev–Trinajstić information content (AvgIpc) is 3.09. The minimum Gasteiger partial charge on any atom is -0.481 e. The van der Waals surface area contributed by atoms with Crippen molar-refractivity contribution < 1.29 is 19.5 Å². The fourth-order valence-electron chi connectivity index (χ4n) is 3.76. The lowest BCUT2D eigenvalue weighted by atomic mass is 10.1. The number of amides is 2. The van der Waals surface area contributed by atoms with Gasteiger partial charge >= 0.3 is 5.97 Å². The van der Waals surface area contributed by atoms with Crippen molar-refractivity contribution in [3.8, 4) is 16.9 Å². The van der Waals surface area contributed by atoms with E-state index in [1.807, 2.05) is 72.2 Å². The van der Waals surface area contributed by atoms with Crippen molar-refractivity contribution >= 4 is 23.5 Å². The zero-order valence-electron chi connectivity index (χ0n) is 18.0. The minimum absolute atomic E-state index is 0.0880. The summed E-state index contributed by atoms with van der Waals surface area (Å²) >= 11 is 0. The number of primary amides is 1. The van der Waals surface area contributed by atoms with Crippen LogP contribution in [0, 0.1) is 6.92 Å². The van der Waals surface area contributed by atoms with Crippen LogP contribution in [0.4, 0.5) is 5.69 Å². The lowest BCUT2D eigenvalue weighted by Gasteiger charge is -2.15. The Bertz CT molecular complexity index is 1120. The molecular formula is C24H26N4O4. The number of hydrogen-bond acceptors (Lipinski definition) is 4. The summed E-state index contributed by atoms with van der Waals surface area (Å²) in [6.45, 7) is 1.83. The summed E-state index contributed by atoms with van der Waals surface area (Å²) in [5.74, 6) is -2.36. The summed E-state index contributed by atoms with van der Waals surface area (Å²) in [4.78, 5) is 36.1. The maximum Gasteiger partial charge on any atom is 0.303 e. The number of anilines is 1. The Morgan fingerprint density at radius 1 is 1.03 bits per heavy atom. The van der Waals surface area contributed by atoms with Crippen molar-refractivity contribution in [1.29, 1.82) is 0 Å². The predicted octanol–water partition coefficient (Wildman–Crippen LogP) is 2.94. The van der Waals surface area contributed by atoms with Crippen molar-refractivity contribution in [3.05, 3.63) is 71.9 Å². The Balaban J connectivity index is 2.14. The smallest absolute Gasteiger partial charge is 0.303 e. The quantitative estimate of drug-likeness (QED) is 0.412. The van der Waals surface area contributed by atoms with Crippen molar-refractivity contribution in [1.82, 2.24) is 9.88 Å². The lowest BCUT2D eigenvalue weighted by molar-refractivity contribution is -0.137. The van der Waals surface area contributed by atoms with E-state index >= 15 is 0 Å². The number of aromatic nitrogens is 1. The van der Waals surface area contributed by atoms with Crippen LogP contribution >= 0.6 is 0 Å². The number of carbonyl (C=O) groups excluding carboxylic acids is 2. The summed E-state index contributed by atoms with van der Waals surface area (Å²) in [5, 5.41) is 14.7. The van der Waals surface area contributed by atoms with E-state index in [-0.39, 0.29) is 12.8 Å². The van der Waals surface area contributed by atoms with Crippen LogP contribution in [-0.2, 0) is 9.59 Å². The van der Waals surface area contributed by atoms with Gasteiger partial charge in [0.05, 0.1) is 16.9 Å². The second kappa shape index (κ2) is 9.82. The van der Waals surface area contributed by atoms with Gasteiger partial charge in [0.1, 0.15) is 6.04 Å². The first-order chi connectivity index (χ1) is 15.3. The summed E-state index contributed by atoms with van der Waals surface area (Å²) in [6, 6.07) is 18.2. The maximum atomic E-state index is 13.3. The van der Waals surface area contributed by atoms with Gasteiger partial charge in [-0.2, -0.15) is 0 Å². The van der Waals surface area contributed by atoms with E-state index in [0.717, 1.165) is 16.9 Å². The maximum absolute atomic E-state index is 13.3. The Hall–Kier alpha value is -4.07. The highest BCUT2D eigenvalue weighted by Crippen LogP contribution is 2.38. The Morgan fingerprint density at radius 3 is 2.16 bits per heavy atom. The fraction of sp³-hybridized carbons (Fsp3) is 0.208. The molecule has 1 aromatic heterocycles. The van der Waals surface area contributed by atoms with Gasteiger partial charge in [0, 0.05) is 30.4 Å². The highest BCUT2D eigenvalue weighted by molar-refractivity contribution is 6.06. The normalized spacial score (nSPS) is 11.6. The number of nitrogens with one attached hydrogen (secondary N) is 2. The third-order valence-corrected chi connectivity index (χ3v) is 5.24. The molecule has 5 N–H and O–H groups in total. The molecule has 0 aliphatic carbocycles. The summed E-state index contributed by atoms with van der Waals surface area (Å²) in [7, 11) is 1.73. The molecule has 166 valence electrons. The molecule has 0 aliphatic rings. The van der Waals surface area contributed by atoms with E-state index in [1.54, 1.807) is 7.05 Å². The molecule has 8 heteroatoms. The van der Waals surface area contributed by atoms with Gasteiger partial charge in [-0.25, -0.2) is 0 Å². The first kappa shape index (κ1) is 22.6. The van der Waals surface area contributed by atoms with E-state index in [2.05, 4.69) is 10.6 Å². The van der Waals surface area contributed by atoms with Crippen LogP contribution < -0.4 is 16.4 Å². The SMILES string of the molecule is CNc1c(C(=O)NC(CCC(=O)O)C(N)=O)c(C)n(-c2ccccc2)c1-c1ccccc1. The molecule has 8 nitrogen and oxygen atoms in total. The molecule has 2 amide bonds.